The highest BCUT2D eigenvalue weighted by Gasteiger charge is 2.13. The van der Waals surface area contributed by atoms with Crippen molar-refractivity contribution in [2.24, 2.45) is 0 Å². The minimum Gasteiger partial charge on any atom is -0.497 e. The fourth-order valence-corrected chi connectivity index (χ4v) is 2.82. The summed E-state index contributed by atoms with van der Waals surface area (Å²) in [6.07, 6.45) is 1.82. The maximum atomic E-state index is 12.4. The lowest BCUT2D eigenvalue weighted by molar-refractivity contribution is -0.115. The lowest BCUT2D eigenvalue weighted by atomic mass is 10.1. The van der Waals surface area contributed by atoms with E-state index in [9.17, 15) is 4.79 Å². The second-order valence-electron chi connectivity index (χ2n) is 5.19. The van der Waals surface area contributed by atoms with Crippen LogP contribution in [0.3, 0.4) is 0 Å². The number of hydrogen-bond donors (Lipinski definition) is 1. The summed E-state index contributed by atoms with van der Waals surface area (Å²) in [6.45, 7) is 0. The van der Waals surface area contributed by atoms with Crippen LogP contribution in [0.15, 0.2) is 51.6 Å². The zero-order valence-electron chi connectivity index (χ0n) is 13.3. The summed E-state index contributed by atoms with van der Waals surface area (Å²) < 4.78 is 16.9. The summed E-state index contributed by atoms with van der Waals surface area (Å²) in [5.74, 6) is 1.05. The van der Waals surface area contributed by atoms with E-state index in [2.05, 4.69) is 21.2 Å². The van der Waals surface area contributed by atoms with Crippen molar-refractivity contribution in [2.75, 3.05) is 19.5 Å². The SMILES string of the molecule is COc1ccc(NC(=O)Cc2coc3ccc(Br)cc23)c(OC)c1. The van der Waals surface area contributed by atoms with Crippen LogP contribution in [-0.4, -0.2) is 20.1 Å². The number of furan rings is 1. The zero-order chi connectivity index (χ0) is 17.1. The van der Waals surface area contributed by atoms with Crippen LogP contribution in [-0.2, 0) is 11.2 Å². The van der Waals surface area contributed by atoms with Gasteiger partial charge in [0, 0.05) is 21.5 Å². The second-order valence-corrected chi connectivity index (χ2v) is 6.11. The first-order valence-corrected chi connectivity index (χ1v) is 8.07. The molecule has 0 bridgehead atoms. The smallest absolute Gasteiger partial charge is 0.229 e. The molecular weight excluding hydrogens is 374 g/mol. The van der Waals surface area contributed by atoms with Gasteiger partial charge in [0.05, 0.1) is 32.6 Å². The van der Waals surface area contributed by atoms with Gasteiger partial charge in [-0.1, -0.05) is 15.9 Å². The normalized spacial score (nSPS) is 10.6. The molecule has 1 aromatic heterocycles. The Balaban J connectivity index is 1.79. The van der Waals surface area contributed by atoms with Crippen LogP contribution in [0.1, 0.15) is 5.56 Å². The summed E-state index contributed by atoms with van der Waals surface area (Å²) in [5.41, 5.74) is 2.18. The maximum absolute atomic E-state index is 12.4. The average Bonchev–Trinajstić information content (AvgIpc) is 2.97. The van der Waals surface area contributed by atoms with Crippen molar-refractivity contribution in [2.45, 2.75) is 6.42 Å². The lowest BCUT2D eigenvalue weighted by Gasteiger charge is -2.11. The molecule has 0 radical (unpaired) electrons. The predicted octanol–water partition coefficient (Wildman–Crippen LogP) is 4.39. The fourth-order valence-electron chi connectivity index (χ4n) is 2.46. The number of ether oxygens (including phenoxy) is 2. The molecule has 3 aromatic rings. The topological polar surface area (TPSA) is 60.7 Å². The Bertz CT molecular complexity index is 888. The van der Waals surface area contributed by atoms with Crippen molar-refractivity contribution in [1.29, 1.82) is 0 Å². The van der Waals surface area contributed by atoms with Gasteiger partial charge in [-0.3, -0.25) is 4.79 Å². The van der Waals surface area contributed by atoms with Crippen LogP contribution in [0.25, 0.3) is 11.0 Å². The summed E-state index contributed by atoms with van der Waals surface area (Å²) in [4.78, 5) is 12.4. The molecule has 0 saturated heterocycles. The molecule has 0 saturated carbocycles. The standard InChI is InChI=1S/C18H16BrNO4/c1-22-13-4-5-15(17(9-13)23-2)20-18(21)7-11-10-24-16-6-3-12(19)8-14(11)16/h3-6,8-10H,7H2,1-2H3,(H,20,21). The van der Waals surface area contributed by atoms with Gasteiger partial charge in [-0.15, -0.1) is 0 Å². The summed E-state index contributed by atoms with van der Waals surface area (Å²) in [5, 5.41) is 3.78. The lowest BCUT2D eigenvalue weighted by Crippen LogP contribution is -2.14. The molecule has 2 aromatic carbocycles. The molecular formula is C18H16BrNO4. The van der Waals surface area contributed by atoms with Crippen molar-refractivity contribution < 1.29 is 18.7 Å². The molecule has 1 heterocycles. The third kappa shape index (κ3) is 3.38. The highest BCUT2D eigenvalue weighted by molar-refractivity contribution is 9.10. The van der Waals surface area contributed by atoms with Crippen LogP contribution < -0.4 is 14.8 Å². The molecule has 0 aliphatic rings. The van der Waals surface area contributed by atoms with Gasteiger partial charge in [0.2, 0.25) is 5.91 Å². The van der Waals surface area contributed by atoms with Gasteiger partial charge in [0.15, 0.2) is 0 Å². The molecule has 1 amide bonds. The van der Waals surface area contributed by atoms with E-state index in [1.54, 1.807) is 38.7 Å². The Morgan fingerprint density at radius 2 is 2.00 bits per heavy atom. The quantitative estimate of drug-likeness (QED) is 0.702. The van der Waals surface area contributed by atoms with E-state index in [-0.39, 0.29) is 12.3 Å². The second kappa shape index (κ2) is 6.97. The number of carbonyl (C=O) groups excluding carboxylic acids is 1. The number of amides is 1. The van der Waals surface area contributed by atoms with Crippen molar-refractivity contribution in [3.05, 3.63) is 52.7 Å². The number of nitrogens with one attached hydrogen (secondary N) is 1. The number of anilines is 1. The number of benzene rings is 2. The summed E-state index contributed by atoms with van der Waals surface area (Å²) in [6, 6.07) is 10.9. The number of methoxy groups -OCH3 is 2. The van der Waals surface area contributed by atoms with E-state index in [1.807, 2.05) is 18.2 Å². The molecule has 3 rings (SSSR count). The largest absolute Gasteiger partial charge is 0.497 e. The van der Waals surface area contributed by atoms with Gasteiger partial charge >= 0.3 is 0 Å². The van der Waals surface area contributed by atoms with E-state index >= 15 is 0 Å². The average molecular weight is 390 g/mol. The van der Waals surface area contributed by atoms with E-state index in [0.29, 0.717) is 17.2 Å². The van der Waals surface area contributed by atoms with E-state index < -0.39 is 0 Å². The molecule has 0 aliphatic carbocycles. The van der Waals surface area contributed by atoms with Crippen LogP contribution in [0.2, 0.25) is 0 Å². The molecule has 5 nitrogen and oxygen atoms in total. The monoisotopic (exact) mass is 389 g/mol. The van der Waals surface area contributed by atoms with E-state index in [1.165, 1.54) is 0 Å². The molecule has 6 heteroatoms. The Morgan fingerprint density at radius 1 is 1.17 bits per heavy atom. The maximum Gasteiger partial charge on any atom is 0.229 e. The molecule has 0 aliphatic heterocycles. The van der Waals surface area contributed by atoms with Gasteiger partial charge in [-0.05, 0) is 30.3 Å². The third-order valence-electron chi connectivity index (χ3n) is 3.65. The number of halogens is 1. The molecule has 124 valence electrons. The van der Waals surface area contributed by atoms with Crippen molar-refractivity contribution in [3.8, 4) is 11.5 Å². The Hall–Kier alpha value is -2.47. The molecule has 0 unspecified atom stereocenters. The third-order valence-corrected chi connectivity index (χ3v) is 4.14. The molecule has 0 atom stereocenters. The first-order chi connectivity index (χ1) is 11.6. The van der Waals surface area contributed by atoms with Crippen LogP contribution in [0.4, 0.5) is 5.69 Å². The van der Waals surface area contributed by atoms with Gasteiger partial charge < -0.3 is 19.2 Å². The molecule has 1 N–H and O–H groups in total. The highest BCUT2D eigenvalue weighted by atomic mass is 79.9. The first-order valence-electron chi connectivity index (χ1n) is 7.28. The number of hydrogen-bond acceptors (Lipinski definition) is 4. The van der Waals surface area contributed by atoms with Crippen molar-refractivity contribution >= 4 is 38.5 Å². The number of fused-ring (bicyclic) bond motifs is 1. The van der Waals surface area contributed by atoms with Gasteiger partial charge in [0.1, 0.15) is 17.1 Å². The van der Waals surface area contributed by atoms with Crippen molar-refractivity contribution in [3.63, 3.8) is 0 Å². The minimum atomic E-state index is -0.152. The molecule has 24 heavy (non-hydrogen) atoms. The van der Waals surface area contributed by atoms with Crippen LogP contribution in [0.5, 0.6) is 11.5 Å². The summed E-state index contributed by atoms with van der Waals surface area (Å²) >= 11 is 3.43. The number of carbonyl (C=O) groups is 1. The Morgan fingerprint density at radius 3 is 2.75 bits per heavy atom. The molecule has 0 spiro atoms. The molecule has 0 fully saturated rings. The Labute approximate surface area is 147 Å². The zero-order valence-corrected chi connectivity index (χ0v) is 14.8. The first kappa shape index (κ1) is 16.4. The van der Waals surface area contributed by atoms with E-state index in [0.717, 1.165) is 21.0 Å². The predicted molar refractivity (Wildman–Crippen MR) is 95.8 cm³/mol. The highest BCUT2D eigenvalue weighted by Crippen LogP contribution is 2.30. The van der Waals surface area contributed by atoms with Gasteiger partial charge in [-0.25, -0.2) is 0 Å². The van der Waals surface area contributed by atoms with Crippen molar-refractivity contribution in [1.82, 2.24) is 0 Å². The minimum absolute atomic E-state index is 0.152. The van der Waals surface area contributed by atoms with Gasteiger partial charge in [-0.2, -0.15) is 0 Å². The van der Waals surface area contributed by atoms with Crippen LogP contribution in [0, 0.1) is 0 Å². The number of rotatable bonds is 5. The Kier molecular flexibility index (Phi) is 4.76. The van der Waals surface area contributed by atoms with Gasteiger partial charge in [0.25, 0.3) is 0 Å². The fraction of sp³-hybridized carbons (Fsp3) is 0.167. The van der Waals surface area contributed by atoms with Crippen LogP contribution >= 0.6 is 15.9 Å². The summed E-state index contributed by atoms with van der Waals surface area (Å²) in [7, 11) is 3.13. The van der Waals surface area contributed by atoms with E-state index in [4.69, 9.17) is 13.9 Å².